The van der Waals surface area contributed by atoms with Crippen LogP contribution in [0.5, 0.6) is 0 Å². The van der Waals surface area contributed by atoms with Crippen molar-refractivity contribution in [3.63, 3.8) is 0 Å². The normalized spacial score (nSPS) is 10.0. The molecule has 4 heteroatoms. The van der Waals surface area contributed by atoms with E-state index in [-0.39, 0.29) is 0 Å². The minimum absolute atomic E-state index is 0.731. The number of rotatable bonds is 2. The van der Waals surface area contributed by atoms with Crippen molar-refractivity contribution in [2.24, 2.45) is 0 Å². The zero-order valence-electron chi connectivity index (χ0n) is 8.24. The van der Waals surface area contributed by atoms with Crippen LogP contribution in [0.4, 0.5) is 5.82 Å². The van der Waals surface area contributed by atoms with Crippen molar-refractivity contribution in [1.29, 1.82) is 0 Å². The SMILES string of the molecule is CNc1ccnc(-c2ccc(Br)cc2)n1. The fourth-order valence-electron chi connectivity index (χ4n) is 1.24. The van der Waals surface area contributed by atoms with E-state index in [2.05, 4.69) is 31.2 Å². The van der Waals surface area contributed by atoms with E-state index in [4.69, 9.17) is 0 Å². The summed E-state index contributed by atoms with van der Waals surface area (Å²) in [7, 11) is 1.84. The lowest BCUT2D eigenvalue weighted by Gasteiger charge is -2.02. The second kappa shape index (κ2) is 4.40. The second-order valence-electron chi connectivity index (χ2n) is 3.02. The van der Waals surface area contributed by atoms with Crippen molar-refractivity contribution in [2.45, 2.75) is 0 Å². The Labute approximate surface area is 96.7 Å². The van der Waals surface area contributed by atoms with E-state index in [0.29, 0.717) is 0 Å². The van der Waals surface area contributed by atoms with Crippen LogP contribution in [0.2, 0.25) is 0 Å². The Morgan fingerprint density at radius 1 is 1.13 bits per heavy atom. The molecule has 0 spiro atoms. The molecule has 0 aliphatic carbocycles. The summed E-state index contributed by atoms with van der Waals surface area (Å²) in [4.78, 5) is 8.57. The van der Waals surface area contributed by atoms with E-state index in [0.717, 1.165) is 21.7 Å². The lowest BCUT2D eigenvalue weighted by molar-refractivity contribution is 1.17. The van der Waals surface area contributed by atoms with Gasteiger partial charge in [0.25, 0.3) is 0 Å². The van der Waals surface area contributed by atoms with Crippen molar-refractivity contribution in [3.8, 4) is 11.4 Å². The summed E-state index contributed by atoms with van der Waals surface area (Å²) in [6.45, 7) is 0. The third-order valence-corrected chi connectivity index (χ3v) is 2.54. The maximum absolute atomic E-state index is 4.35. The van der Waals surface area contributed by atoms with Crippen LogP contribution in [0, 0.1) is 0 Å². The summed E-state index contributed by atoms with van der Waals surface area (Å²) < 4.78 is 1.05. The maximum Gasteiger partial charge on any atom is 0.161 e. The molecule has 2 aromatic rings. The van der Waals surface area contributed by atoms with Crippen LogP contribution < -0.4 is 5.32 Å². The van der Waals surface area contributed by atoms with Crippen molar-refractivity contribution in [3.05, 3.63) is 41.0 Å². The van der Waals surface area contributed by atoms with Crippen LogP contribution in [-0.4, -0.2) is 17.0 Å². The van der Waals surface area contributed by atoms with Gasteiger partial charge in [0.15, 0.2) is 5.82 Å². The summed E-state index contributed by atoms with van der Waals surface area (Å²) in [5.41, 5.74) is 1.01. The standard InChI is InChI=1S/C11H10BrN3/c1-13-10-6-7-14-11(15-10)8-2-4-9(12)5-3-8/h2-7H,1H3,(H,13,14,15). The van der Waals surface area contributed by atoms with Gasteiger partial charge < -0.3 is 5.32 Å². The fourth-order valence-corrected chi connectivity index (χ4v) is 1.50. The first-order valence-electron chi connectivity index (χ1n) is 4.56. The lowest BCUT2D eigenvalue weighted by atomic mass is 10.2. The van der Waals surface area contributed by atoms with Crippen molar-refractivity contribution in [2.75, 3.05) is 12.4 Å². The first-order chi connectivity index (χ1) is 7.29. The summed E-state index contributed by atoms with van der Waals surface area (Å²) in [6.07, 6.45) is 1.75. The molecule has 0 radical (unpaired) electrons. The van der Waals surface area contributed by atoms with Gasteiger partial charge in [0.2, 0.25) is 0 Å². The summed E-state index contributed by atoms with van der Waals surface area (Å²) in [5.74, 6) is 1.55. The quantitative estimate of drug-likeness (QED) is 0.906. The van der Waals surface area contributed by atoms with Gasteiger partial charge >= 0.3 is 0 Å². The van der Waals surface area contributed by atoms with E-state index >= 15 is 0 Å². The Kier molecular flexibility index (Phi) is 2.97. The number of halogens is 1. The molecule has 0 atom stereocenters. The molecule has 1 aromatic carbocycles. The number of anilines is 1. The van der Waals surface area contributed by atoms with Gasteiger partial charge in [0.05, 0.1) is 0 Å². The molecule has 0 amide bonds. The first-order valence-corrected chi connectivity index (χ1v) is 5.35. The molecular weight excluding hydrogens is 254 g/mol. The molecule has 2 rings (SSSR count). The maximum atomic E-state index is 4.35. The second-order valence-corrected chi connectivity index (χ2v) is 3.94. The highest BCUT2D eigenvalue weighted by molar-refractivity contribution is 9.10. The smallest absolute Gasteiger partial charge is 0.161 e. The molecule has 0 saturated heterocycles. The van der Waals surface area contributed by atoms with Gasteiger partial charge in [-0.25, -0.2) is 9.97 Å². The van der Waals surface area contributed by atoms with Crippen molar-refractivity contribution in [1.82, 2.24) is 9.97 Å². The average molecular weight is 264 g/mol. The Hall–Kier alpha value is -1.42. The fraction of sp³-hybridized carbons (Fsp3) is 0.0909. The minimum Gasteiger partial charge on any atom is -0.373 e. The van der Waals surface area contributed by atoms with Crippen LogP contribution in [-0.2, 0) is 0 Å². The molecule has 0 aliphatic heterocycles. The van der Waals surface area contributed by atoms with Gasteiger partial charge in [0, 0.05) is 23.3 Å². The zero-order valence-corrected chi connectivity index (χ0v) is 9.82. The zero-order chi connectivity index (χ0) is 10.7. The van der Waals surface area contributed by atoms with Crippen molar-refractivity contribution >= 4 is 21.7 Å². The largest absolute Gasteiger partial charge is 0.373 e. The van der Waals surface area contributed by atoms with Crippen LogP contribution in [0.3, 0.4) is 0 Å². The summed E-state index contributed by atoms with van der Waals surface area (Å²) in [5, 5.41) is 2.99. The first kappa shape index (κ1) is 10.1. The van der Waals surface area contributed by atoms with Crippen molar-refractivity contribution < 1.29 is 0 Å². The molecule has 3 nitrogen and oxygen atoms in total. The van der Waals surface area contributed by atoms with E-state index in [9.17, 15) is 0 Å². The van der Waals surface area contributed by atoms with Gasteiger partial charge in [-0.3, -0.25) is 0 Å². The van der Waals surface area contributed by atoms with Gasteiger partial charge in [0.1, 0.15) is 5.82 Å². The molecule has 0 bridgehead atoms. The Morgan fingerprint density at radius 3 is 2.53 bits per heavy atom. The number of aromatic nitrogens is 2. The number of benzene rings is 1. The predicted molar refractivity (Wildman–Crippen MR) is 64.7 cm³/mol. The number of hydrogen-bond donors (Lipinski definition) is 1. The Bertz CT molecular complexity index is 454. The highest BCUT2D eigenvalue weighted by atomic mass is 79.9. The molecule has 1 N–H and O–H groups in total. The molecule has 0 saturated carbocycles. The number of nitrogens with one attached hydrogen (secondary N) is 1. The molecule has 76 valence electrons. The summed E-state index contributed by atoms with van der Waals surface area (Å²) >= 11 is 3.39. The van der Waals surface area contributed by atoms with Gasteiger partial charge in [-0.05, 0) is 18.2 Å². The van der Waals surface area contributed by atoms with Crippen LogP contribution >= 0.6 is 15.9 Å². The monoisotopic (exact) mass is 263 g/mol. The van der Waals surface area contributed by atoms with Gasteiger partial charge in [-0.15, -0.1) is 0 Å². The predicted octanol–water partition coefficient (Wildman–Crippen LogP) is 2.95. The van der Waals surface area contributed by atoms with E-state index in [1.54, 1.807) is 6.20 Å². The van der Waals surface area contributed by atoms with Crippen LogP contribution in [0.15, 0.2) is 41.0 Å². The minimum atomic E-state index is 0.731. The lowest BCUT2D eigenvalue weighted by Crippen LogP contribution is -1.95. The van der Waals surface area contributed by atoms with E-state index in [1.807, 2.05) is 37.4 Å². The van der Waals surface area contributed by atoms with E-state index < -0.39 is 0 Å². The molecule has 1 heterocycles. The van der Waals surface area contributed by atoms with Crippen LogP contribution in [0.1, 0.15) is 0 Å². The Balaban J connectivity index is 2.40. The van der Waals surface area contributed by atoms with Gasteiger partial charge in [-0.2, -0.15) is 0 Å². The number of nitrogens with zero attached hydrogens (tertiary/aromatic N) is 2. The topological polar surface area (TPSA) is 37.8 Å². The third kappa shape index (κ3) is 2.33. The van der Waals surface area contributed by atoms with Crippen LogP contribution in [0.25, 0.3) is 11.4 Å². The molecule has 0 unspecified atom stereocenters. The molecular formula is C11H10BrN3. The molecule has 0 aliphatic rings. The molecule has 0 fully saturated rings. The molecule has 1 aromatic heterocycles. The highest BCUT2D eigenvalue weighted by Gasteiger charge is 2.01. The average Bonchev–Trinajstić information content (AvgIpc) is 2.30. The Morgan fingerprint density at radius 2 is 1.87 bits per heavy atom. The number of hydrogen-bond acceptors (Lipinski definition) is 3. The van der Waals surface area contributed by atoms with E-state index in [1.165, 1.54) is 0 Å². The molecule has 15 heavy (non-hydrogen) atoms. The summed E-state index contributed by atoms with van der Waals surface area (Å²) in [6, 6.07) is 9.76. The highest BCUT2D eigenvalue weighted by Crippen LogP contribution is 2.18. The third-order valence-electron chi connectivity index (χ3n) is 2.01. The van der Waals surface area contributed by atoms with Gasteiger partial charge in [-0.1, -0.05) is 28.1 Å².